The quantitative estimate of drug-likeness (QED) is 0.514. The molecule has 0 radical (unpaired) electrons. The number of rotatable bonds is 6. The summed E-state index contributed by atoms with van der Waals surface area (Å²) in [4.78, 5) is 35.1. The van der Waals surface area contributed by atoms with Gasteiger partial charge in [0, 0.05) is 25.2 Å². The van der Waals surface area contributed by atoms with E-state index in [1.807, 2.05) is 90.9 Å². The van der Waals surface area contributed by atoms with Crippen molar-refractivity contribution in [1.29, 1.82) is 0 Å². The van der Waals surface area contributed by atoms with Crippen molar-refractivity contribution < 1.29 is 19.4 Å². The van der Waals surface area contributed by atoms with E-state index >= 15 is 0 Å². The first kappa shape index (κ1) is 27.4. The summed E-state index contributed by atoms with van der Waals surface area (Å²) in [6.45, 7) is 10.4. The summed E-state index contributed by atoms with van der Waals surface area (Å²) in [5.74, 6) is -0.192. The Morgan fingerprint density at radius 3 is 2.21 bits per heavy atom. The molecule has 38 heavy (non-hydrogen) atoms. The van der Waals surface area contributed by atoms with E-state index in [1.54, 1.807) is 25.1 Å². The van der Waals surface area contributed by atoms with E-state index in [0.717, 1.165) is 11.1 Å². The molecule has 1 fully saturated rings. The van der Waals surface area contributed by atoms with E-state index in [1.165, 1.54) is 0 Å². The number of ether oxygens (including phenoxy) is 1. The standard InChI is InChI=1S/C30H38N4O4/c1-29(2,3)38-28(36)32-16-17-34(24(19-32)18-22-12-8-6-9-13-22)27(35)25-26(23-14-10-7-11-15-23)33(21-31-25)20-30(4,5)37/h6-15,21,24,37H,16-20H2,1-5H3/t24-/m1/s1. The van der Waals surface area contributed by atoms with Gasteiger partial charge < -0.3 is 24.2 Å². The topological polar surface area (TPSA) is 87.9 Å². The molecule has 0 spiro atoms. The summed E-state index contributed by atoms with van der Waals surface area (Å²) in [7, 11) is 0. The van der Waals surface area contributed by atoms with Crippen LogP contribution in [0, 0.1) is 0 Å². The van der Waals surface area contributed by atoms with Gasteiger partial charge in [0.05, 0.1) is 30.2 Å². The molecule has 2 heterocycles. The lowest BCUT2D eigenvalue weighted by Crippen LogP contribution is -2.58. The van der Waals surface area contributed by atoms with Gasteiger partial charge in [0.15, 0.2) is 5.69 Å². The first-order chi connectivity index (χ1) is 17.9. The second-order valence-electron chi connectivity index (χ2n) is 11.5. The van der Waals surface area contributed by atoms with Crippen molar-refractivity contribution in [1.82, 2.24) is 19.4 Å². The molecule has 0 bridgehead atoms. The van der Waals surface area contributed by atoms with Crippen LogP contribution in [-0.4, -0.2) is 73.3 Å². The molecule has 4 rings (SSSR count). The number of aliphatic hydroxyl groups is 1. The van der Waals surface area contributed by atoms with E-state index in [-0.39, 0.29) is 24.6 Å². The molecule has 0 aliphatic carbocycles. The van der Waals surface area contributed by atoms with Gasteiger partial charge in [-0.15, -0.1) is 0 Å². The van der Waals surface area contributed by atoms with Gasteiger partial charge in [-0.1, -0.05) is 60.7 Å². The Morgan fingerprint density at radius 2 is 1.61 bits per heavy atom. The monoisotopic (exact) mass is 518 g/mol. The van der Waals surface area contributed by atoms with E-state index in [4.69, 9.17) is 4.74 Å². The third-order valence-corrected chi connectivity index (χ3v) is 6.35. The molecule has 202 valence electrons. The van der Waals surface area contributed by atoms with Gasteiger partial charge in [-0.3, -0.25) is 4.79 Å². The van der Waals surface area contributed by atoms with Crippen molar-refractivity contribution in [2.45, 2.75) is 64.8 Å². The van der Waals surface area contributed by atoms with Crippen LogP contribution in [0.1, 0.15) is 50.7 Å². The maximum atomic E-state index is 14.1. The molecular weight excluding hydrogens is 480 g/mol. The number of piperazine rings is 1. The molecule has 1 aliphatic heterocycles. The second-order valence-corrected chi connectivity index (χ2v) is 11.5. The Kier molecular flexibility index (Phi) is 7.92. The third-order valence-electron chi connectivity index (χ3n) is 6.35. The largest absolute Gasteiger partial charge is 0.444 e. The highest BCUT2D eigenvalue weighted by Crippen LogP contribution is 2.28. The Hall–Kier alpha value is -3.65. The van der Waals surface area contributed by atoms with Crippen LogP contribution in [0.2, 0.25) is 0 Å². The van der Waals surface area contributed by atoms with Crippen molar-refractivity contribution >= 4 is 12.0 Å². The molecule has 1 aromatic heterocycles. The third kappa shape index (κ3) is 6.81. The van der Waals surface area contributed by atoms with E-state index < -0.39 is 11.2 Å². The zero-order valence-electron chi connectivity index (χ0n) is 22.9. The maximum Gasteiger partial charge on any atom is 0.410 e. The fourth-order valence-electron chi connectivity index (χ4n) is 4.79. The number of benzene rings is 2. The molecule has 8 heteroatoms. The second kappa shape index (κ2) is 11.0. The van der Waals surface area contributed by atoms with Crippen LogP contribution in [-0.2, 0) is 17.7 Å². The van der Waals surface area contributed by atoms with E-state index in [9.17, 15) is 14.7 Å². The summed E-state index contributed by atoms with van der Waals surface area (Å²) < 4.78 is 7.47. The molecule has 0 saturated carbocycles. The van der Waals surface area contributed by atoms with Gasteiger partial charge in [-0.05, 0) is 46.6 Å². The van der Waals surface area contributed by atoms with Crippen molar-refractivity contribution in [2.75, 3.05) is 19.6 Å². The van der Waals surface area contributed by atoms with Crippen LogP contribution in [0.3, 0.4) is 0 Å². The minimum Gasteiger partial charge on any atom is -0.444 e. The molecule has 2 aromatic carbocycles. The van der Waals surface area contributed by atoms with Gasteiger partial charge in [0.25, 0.3) is 5.91 Å². The highest BCUT2D eigenvalue weighted by molar-refractivity contribution is 5.98. The molecule has 1 aliphatic rings. The van der Waals surface area contributed by atoms with Crippen molar-refractivity contribution in [3.05, 3.63) is 78.2 Å². The Bertz CT molecular complexity index is 1240. The maximum absolute atomic E-state index is 14.1. The normalized spacial score (nSPS) is 16.4. The number of hydrogen-bond donors (Lipinski definition) is 1. The lowest BCUT2D eigenvalue weighted by atomic mass is 10.0. The van der Waals surface area contributed by atoms with E-state index in [0.29, 0.717) is 37.4 Å². The summed E-state index contributed by atoms with van der Waals surface area (Å²) in [6, 6.07) is 19.4. The van der Waals surface area contributed by atoms with Crippen LogP contribution in [0.5, 0.6) is 0 Å². The Morgan fingerprint density at radius 1 is 0.974 bits per heavy atom. The van der Waals surface area contributed by atoms with Gasteiger partial charge in [-0.25, -0.2) is 9.78 Å². The smallest absolute Gasteiger partial charge is 0.410 e. The fourth-order valence-corrected chi connectivity index (χ4v) is 4.79. The Balaban J connectivity index is 1.67. The predicted octanol–water partition coefficient (Wildman–Crippen LogP) is 4.63. The molecule has 2 amide bonds. The summed E-state index contributed by atoms with van der Waals surface area (Å²) in [5.41, 5.74) is 1.35. The molecule has 3 aromatic rings. The molecule has 1 saturated heterocycles. The minimum atomic E-state index is -0.987. The van der Waals surface area contributed by atoms with Crippen LogP contribution < -0.4 is 0 Å². The van der Waals surface area contributed by atoms with Gasteiger partial charge >= 0.3 is 6.09 Å². The van der Waals surface area contributed by atoms with Crippen LogP contribution in [0.15, 0.2) is 67.0 Å². The Labute approximate surface area is 224 Å². The number of carbonyl (C=O) groups excluding carboxylic acids is 2. The molecule has 8 nitrogen and oxygen atoms in total. The number of amides is 2. The number of imidazole rings is 1. The zero-order valence-corrected chi connectivity index (χ0v) is 22.9. The molecule has 0 unspecified atom stereocenters. The average Bonchev–Trinajstić information content (AvgIpc) is 3.25. The molecule has 1 atom stereocenters. The van der Waals surface area contributed by atoms with Gasteiger partial charge in [-0.2, -0.15) is 0 Å². The van der Waals surface area contributed by atoms with Crippen LogP contribution >= 0.6 is 0 Å². The van der Waals surface area contributed by atoms with Crippen LogP contribution in [0.25, 0.3) is 11.3 Å². The van der Waals surface area contributed by atoms with Gasteiger partial charge in [0.1, 0.15) is 5.60 Å². The molecule has 1 N–H and O–H groups in total. The summed E-state index contributed by atoms with van der Waals surface area (Å²) in [6.07, 6.45) is 1.84. The SMILES string of the molecule is CC(C)(O)Cn1cnc(C(=O)N2CCN(C(=O)OC(C)(C)C)C[C@H]2Cc2ccccc2)c1-c1ccccc1. The average molecular weight is 519 g/mol. The number of aromatic nitrogens is 2. The van der Waals surface area contributed by atoms with Crippen LogP contribution in [0.4, 0.5) is 4.79 Å². The summed E-state index contributed by atoms with van der Waals surface area (Å²) in [5, 5.41) is 10.5. The van der Waals surface area contributed by atoms with Gasteiger partial charge in [0.2, 0.25) is 0 Å². The first-order valence-electron chi connectivity index (χ1n) is 13.1. The number of carbonyl (C=O) groups is 2. The summed E-state index contributed by atoms with van der Waals surface area (Å²) >= 11 is 0. The number of hydrogen-bond acceptors (Lipinski definition) is 5. The lowest BCUT2D eigenvalue weighted by Gasteiger charge is -2.41. The highest BCUT2D eigenvalue weighted by atomic mass is 16.6. The zero-order chi connectivity index (χ0) is 27.5. The minimum absolute atomic E-state index is 0.192. The molecular formula is C30H38N4O4. The van der Waals surface area contributed by atoms with Crippen molar-refractivity contribution in [2.24, 2.45) is 0 Å². The van der Waals surface area contributed by atoms with Crippen molar-refractivity contribution in [3.8, 4) is 11.3 Å². The van der Waals surface area contributed by atoms with Crippen molar-refractivity contribution in [3.63, 3.8) is 0 Å². The lowest BCUT2D eigenvalue weighted by molar-refractivity contribution is 0.00429. The highest BCUT2D eigenvalue weighted by Gasteiger charge is 2.37. The predicted molar refractivity (Wildman–Crippen MR) is 147 cm³/mol. The fraction of sp³-hybridized carbons (Fsp3) is 0.433. The first-order valence-corrected chi connectivity index (χ1v) is 13.1. The van der Waals surface area contributed by atoms with E-state index in [2.05, 4.69) is 4.98 Å². The number of nitrogens with zero attached hydrogens (tertiary/aromatic N) is 4.